The summed E-state index contributed by atoms with van der Waals surface area (Å²) in [6, 6.07) is 3.91. The predicted molar refractivity (Wildman–Crippen MR) is 79.2 cm³/mol. The molecule has 0 saturated heterocycles. The van der Waals surface area contributed by atoms with E-state index in [1.165, 1.54) is 0 Å². The lowest BCUT2D eigenvalue weighted by molar-refractivity contribution is -0.124. The number of hydrogen-bond donors (Lipinski definition) is 1. The van der Waals surface area contributed by atoms with Gasteiger partial charge in [-0.1, -0.05) is 6.07 Å². The van der Waals surface area contributed by atoms with E-state index in [9.17, 15) is 13.6 Å². The van der Waals surface area contributed by atoms with Gasteiger partial charge in [-0.05, 0) is 59.8 Å². The van der Waals surface area contributed by atoms with Crippen molar-refractivity contribution >= 4 is 27.5 Å². The van der Waals surface area contributed by atoms with Crippen LogP contribution in [0.1, 0.15) is 36.8 Å². The summed E-state index contributed by atoms with van der Waals surface area (Å²) >= 11 is 3.43. The van der Waals surface area contributed by atoms with Crippen LogP contribution in [0.4, 0.5) is 14.5 Å². The minimum absolute atomic E-state index is 0.159. The molecule has 2 nitrogen and oxygen atoms in total. The van der Waals surface area contributed by atoms with Gasteiger partial charge in [0.15, 0.2) is 0 Å². The standard InChI is InChI=1S/C15H18BrF2NO/c1-9-7-10(2)13(12(16)8-9)19-14(20)11-3-5-15(17,18)6-4-11/h7-8,11H,3-6H2,1-2H3,(H,19,20). The number of nitrogens with one attached hydrogen (secondary N) is 1. The Labute approximate surface area is 126 Å². The molecule has 0 atom stereocenters. The van der Waals surface area contributed by atoms with Crippen LogP contribution in [0.2, 0.25) is 0 Å². The maximum Gasteiger partial charge on any atom is 0.248 e. The molecule has 1 amide bonds. The summed E-state index contributed by atoms with van der Waals surface area (Å²) in [5.41, 5.74) is 2.80. The summed E-state index contributed by atoms with van der Waals surface area (Å²) in [5.74, 6) is -3.08. The molecule has 0 bridgehead atoms. The second kappa shape index (κ2) is 5.80. The van der Waals surface area contributed by atoms with Crippen molar-refractivity contribution in [2.45, 2.75) is 45.5 Å². The number of aryl methyl sites for hydroxylation is 2. The van der Waals surface area contributed by atoms with Crippen molar-refractivity contribution in [1.82, 2.24) is 0 Å². The van der Waals surface area contributed by atoms with E-state index in [-0.39, 0.29) is 37.5 Å². The lowest BCUT2D eigenvalue weighted by Gasteiger charge is -2.27. The largest absolute Gasteiger partial charge is 0.325 e. The van der Waals surface area contributed by atoms with Crippen molar-refractivity contribution in [2.24, 2.45) is 5.92 Å². The highest BCUT2D eigenvalue weighted by molar-refractivity contribution is 9.10. The van der Waals surface area contributed by atoms with Crippen LogP contribution in [0.25, 0.3) is 0 Å². The third-order valence-electron chi connectivity index (χ3n) is 3.77. The summed E-state index contributed by atoms with van der Waals surface area (Å²) in [5, 5.41) is 2.87. The molecule has 1 fully saturated rings. The Morgan fingerprint density at radius 1 is 1.30 bits per heavy atom. The summed E-state index contributed by atoms with van der Waals surface area (Å²) < 4.78 is 27.0. The number of alkyl halides is 2. The van der Waals surface area contributed by atoms with Gasteiger partial charge in [-0.3, -0.25) is 4.79 Å². The number of amides is 1. The molecular formula is C15H18BrF2NO. The summed E-state index contributed by atoms with van der Waals surface area (Å²) in [4.78, 5) is 12.2. The molecule has 5 heteroatoms. The van der Waals surface area contributed by atoms with E-state index in [0.717, 1.165) is 21.3 Å². The first-order chi connectivity index (χ1) is 9.28. The Morgan fingerprint density at radius 3 is 2.45 bits per heavy atom. The number of rotatable bonds is 2. The van der Waals surface area contributed by atoms with Gasteiger partial charge < -0.3 is 5.32 Å². The lowest BCUT2D eigenvalue weighted by Crippen LogP contribution is -2.32. The number of carbonyl (C=O) groups is 1. The highest BCUT2D eigenvalue weighted by Gasteiger charge is 2.37. The fraction of sp³-hybridized carbons (Fsp3) is 0.533. The van der Waals surface area contributed by atoms with Crippen LogP contribution in [0, 0.1) is 19.8 Å². The van der Waals surface area contributed by atoms with Crippen molar-refractivity contribution in [3.63, 3.8) is 0 Å². The predicted octanol–water partition coefficient (Wildman–Crippen LogP) is 4.83. The minimum atomic E-state index is -2.60. The van der Waals surface area contributed by atoms with Gasteiger partial charge in [0, 0.05) is 23.2 Å². The topological polar surface area (TPSA) is 29.1 Å². The fourth-order valence-electron chi connectivity index (χ4n) is 2.60. The third kappa shape index (κ3) is 3.57. The van der Waals surface area contributed by atoms with E-state index >= 15 is 0 Å². The molecule has 1 aliphatic rings. The normalized spacial score (nSPS) is 18.9. The first-order valence-electron chi connectivity index (χ1n) is 6.74. The monoisotopic (exact) mass is 345 g/mol. The van der Waals surface area contributed by atoms with Crippen LogP contribution in [0.5, 0.6) is 0 Å². The van der Waals surface area contributed by atoms with Crippen molar-refractivity contribution in [3.8, 4) is 0 Å². The van der Waals surface area contributed by atoms with Gasteiger partial charge in [0.25, 0.3) is 0 Å². The second-order valence-corrected chi connectivity index (χ2v) is 6.41. The molecule has 2 rings (SSSR count). The van der Waals surface area contributed by atoms with E-state index in [1.807, 2.05) is 26.0 Å². The third-order valence-corrected chi connectivity index (χ3v) is 4.39. The van der Waals surface area contributed by atoms with Crippen molar-refractivity contribution < 1.29 is 13.6 Å². The van der Waals surface area contributed by atoms with Gasteiger partial charge in [-0.25, -0.2) is 8.78 Å². The molecule has 110 valence electrons. The number of carbonyl (C=O) groups excluding carboxylic acids is 1. The highest BCUT2D eigenvalue weighted by Crippen LogP contribution is 2.37. The highest BCUT2D eigenvalue weighted by atomic mass is 79.9. The van der Waals surface area contributed by atoms with E-state index in [2.05, 4.69) is 21.2 Å². The molecule has 1 aliphatic carbocycles. The Balaban J connectivity index is 2.06. The van der Waals surface area contributed by atoms with E-state index in [4.69, 9.17) is 0 Å². The van der Waals surface area contributed by atoms with Crippen LogP contribution >= 0.6 is 15.9 Å². The molecule has 0 aliphatic heterocycles. The first kappa shape index (κ1) is 15.4. The van der Waals surface area contributed by atoms with E-state index < -0.39 is 5.92 Å². The molecule has 0 spiro atoms. The number of anilines is 1. The van der Waals surface area contributed by atoms with Crippen LogP contribution in [0.15, 0.2) is 16.6 Å². The molecule has 0 unspecified atom stereocenters. The van der Waals surface area contributed by atoms with Crippen molar-refractivity contribution in [2.75, 3.05) is 5.32 Å². The summed E-state index contributed by atoms with van der Waals surface area (Å²) in [7, 11) is 0. The number of benzene rings is 1. The Kier molecular flexibility index (Phi) is 4.47. The smallest absolute Gasteiger partial charge is 0.248 e. The molecule has 20 heavy (non-hydrogen) atoms. The zero-order valence-electron chi connectivity index (χ0n) is 11.6. The van der Waals surface area contributed by atoms with Gasteiger partial charge in [0.1, 0.15) is 0 Å². The second-order valence-electron chi connectivity index (χ2n) is 5.56. The fourth-order valence-corrected chi connectivity index (χ4v) is 3.37. The van der Waals surface area contributed by atoms with Gasteiger partial charge in [0.05, 0.1) is 5.69 Å². The maximum atomic E-state index is 13.1. The van der Waals surface area contributed by atoms with Crippen molar-refractivity contribution in [3.05, 3.63) is 27.7 Å². The van der Waals surface area contributed by atoms with Crippen LogP contribution in [-0.2, 0) is 4.79 Å². The SMILES string of the molecule is Cc1cc(C)c(NC(=O)C2CCC(F)(F)CC2)c(Br)c1. The zero-order valence-corrected chi connectivity index (χ0v) is 13.2. The Bertz CT molecular complexity index is 498. The van der Waals surface area contributed by atoms with E-state index in [0.29, 0.717) is 0 Å². The minimum Gasteiger partial charge on any atom is -0.325 e. The first-order valence-corrected chi connectivity index (χ1v) is 7.53. The summed E-state index contributed by atoms with van der Waals surface area (Å²) in [6.45, 7) is 3.90. The van der Waals surface area contributed by atoms with E-state index in [1.54, 1.807) is 0 Å². The molecule has 0 heterocycles. The average Bonchev–Trinajstić information content (AvgIpc) is 2.33. The molecule has 1 aromatic rings. The molecule has 1 saturated carbocycles. The van der Waals surface area contributed by atoms with Gasteiger partial charge in [-0.15, -0.1) is 0 Å². The van der Waals surface area contributed by atoms with Crippen LogP contribution in [0.3, 0.4) is 0 Å². The average molecular weight is 346 g/mol. The molecule has 1 N–H and O–H groups in total. The van der Waals surface area contributed by atoms with Gasteiger partial charge >= 0.3 is 0 Å². The molecular weight excluding hydrogens is 328 g/mol. The zero-order chi connectivity index (χ0) is 14.9. The number of halogens is 3. The maximum absolute atomic E-state index is 13.1. The van der Waals surface area contributed by atoms with Crippen molar-refractivity contribution in [1.29, 1.82) is 0 Å². The molecule has 1 aromatic carbocycles. The summed E-state index contributed by atoms with van der Waals surface area (Å²) in [6.07, 6.45) is 0.112. The van der Waals surface area contributed by atoms with Gasteiger partial charge in [-0.2, -0.15) is 0 Å². The van der Waals surface area contributed by atoms with Gasteiger partial charge in [0.2, 0.25) is 11.8 Å². The Hall–Kier alpha value is -0.970. The van der Waals surface area contributed by atoms with Crippen LogP contribution < -0.4 is 5.32 Å². The Morgan fingerprint density at radius 2 is 1.90 bits per heavy atom. The lowest BCUT2D eigenvalue weighted by atomic mass is 9.86. The molecule has 0 aromatic heterocycles. The van der Waals surface area contributed by atoms with Crippen LogP contribution in [-0.4, -0.2) is 11.8 Å². The quantitative estimate of drug-likeness (QED) is 0.817. The molecule has 0 radical (unpaired) electrons. The number of hydrogen-bond acceptors (Lipinski definition) is 1.